The summed E-state index contributed by atoms with van der Waals surface area (Å²) in [5.41, 5.74) is 2.85. The number of rotatable bonds is 4. The summed E-state index contributed by atoms with van der Waals surface area (Å²) in [5, 5.41) is 8.70. The summed E-state index contributed by atoms with van der Waals surface area (Å²) in [5.74, 6) is 0.0893. The van der Waals surface area contributed by atoms with Crippen LogP contribution >= 0.6 is 0 Å². The fourth-order valence-corrected chi connectivity index (χ4v) is 2.39. The third-order valence-corrected chi connectivity index (χ3v) is 2.66. The Morgan fingerprint density at radius 3 is 2.17 bits per heavy atom. The van der Waals surface area contributed by atoms with Gasteiger partial charge in [0.1, 0.15) is 0 Å². The molecule has 0 rings (SSSR count). The maximum absolute atomic E-state index is 11.1. The van der Waals surface area contributed by atoms with Gasteiger partial charge in [-0.15, -0.1) is 0 Å². The first-order valence-electron chi connectivity index (χ1n) is 4.20. The van der Waals surface area contributed by atoms with E-state index in [0.717, 1.165) is 5.57 Å². The van der Waals surface area contributed by atoms with Gasteiger partial charge in [0.05, 0.1) is 8.07 Å². The number of hydrogen-bond acceptors (Lipinski definition) is 2. The van der Waals surface area contributed by atoms with Crippen molar-refractivity contribution in [2.24, 2.45) is 0 Å². The average Bonchev–Trinajstić information content (AvgIpc) is 1.83. The van der Waals surface area contributed by atoms with E-state index in [9.17, 15) is 4.79 Å². The highest BCUT2D eigenvalue weighted by Crippen LogP contribution is 2.10. The van der Waals surface area contributed by atoms with Gasteiger partial charge in [-0.05, 0) is 18.9 Å². The molecular formula is C9H18O2Si. The number of carbonyl (C=O) groups excluding carboxylic acids is 1. The van der Waals surface area contributed by atoms with Crippen LogP contribution in [0.4, 0.5) is 0 Å². The Morgan fingerprint density at radius 2 is 1.92 bits per heavy atom. The van der Waals surface area contributed by atoms with Crippen LogP contribution in [0.5, 0.6) is 0 Å². The van der Waals surface area contributed by atoms with Crippen LogP contribution in [0.3, 0.4) is 0 Å². The Labute approximate surface area is 75.3 Å². The molecule has 0 atom stereocenters. The van der Waals surface area contributed by atoms with E-state index < -0.39 is 8.07 Å². The molecule has 0 bridgehead atoms. The van der Waals surface area contributed by atoms with Crippen LogP contribution < -0.4 is 0 Å². The maximum Gasteiger partial charge on any atom is 0.155 e. The van der Waals surface area contributed by atoms with Crippen molar-refractivity contribution in [2.75, 3.05) is 6.61 Å². The third kappa shape index (κ3) is 5.27. The van der Waals surface area contributed by atoms with Crippen molar-refractivity contribution in [1.82, 2.24) is 0 Å². The summed E-state index contributed by atoms with van der Waals surface area (Å²) < 4.78 is 0. The number of aliphatic hydroxyl groups excluding tert-OH is 1. The molecule has 0 aliphatic carbocycles. The standard InChI is InChI=1S/C9H18O2Si/c1-8(11)9(5-6-10)7-12(2,3)4/h7,10H,5-6H2,1-4H3/b9-7+. The minimum Gasteiger partial charge on any atom is -0.396 e. The van der Waals surface area contributed by atoms with Gasteiger partial charge < -0.3 is 5.11 Å². The van der Waals surface area contributed by atoms with Crippen LogP contribution in [0.15, 0.2) is 11.3 Å². The lowest BCUT2D eigenvalue weighted by molar-refractivity contribution is -0.113. The first kappa shape index (κ1) is 11.6. The lowest BCUT2D eigenvalue weighted by Gasteiger charge is -2.12. The number of ketones is 1. The molecular weight excluding hydrogens is 168 g/mol. The van der Waals surface area contributed by atoms with E-state index in [1.54, 1.807) is 6.92 Å². The zero-order valence-electron chi connectivity index (χ0n) is 8.35. The molecule has 0 spiro atoms. The molecule has 0 aliphatic heterocycles. The van der Waals surface area contributed by atoms with Gasteiger partial charge in [0.25, 0.3) is 0 Å². The molecule has 3 heteroatoms. The highest BCUT2D eigenvalue weighted by Gasteiger charge is 2.12. The summed E-state index contributed by atoms with van der Waals surface area (Å²) in [7, 11) is -1.31. The highest BCUT2D eigenvalue weighted by molar-refractivity contribution is 6.81. The second-order valence-electron chi connectivity index (χ2n) is 4.07. The Balaban J connectivity index is 4.50. The quantitative estimate of drug-likeness (QED) is 0.536. The van der Waals surface area contributed by atoms with E-state index >= 15 is 0 Å². The Morgan fingerprint density at radius 1 is 1.42 bits per heavy atom. The SMILES string of the molecule is CC(=O)/C(=C/[Si](C)(C)C)CCO. The molecule has 2 nitrogen and oxygen atoms in total. The normalized spacial score (nSPS) is 13.2. The lowest BCUT2D eigenvalue weighted by Crippen LogP contribution is -2.18. The van der Waals surface area contributed by atoms with E-state index in [1.807, 2.05) is 0 Å². The van der Waals surface area contributed by atoms with Gasteiger partial charge in [-0.25, -0.2) is 0 Å². The van der Waals surface area contributed by atoms with Crippen LogP contribution in [-0.2, 0) is 4.79 Å². The molecule has 0 saturated carbocycles. The van der Waals surface area contributed by atoms with Gasteiger partial charge in [0, 0.05) is 6.61 Å². The largest absolute Gasteiger partial charge is 0.396 e. The van der Waals surface area contributed by atoms with Crippen molar-refractivity contribution >= 4 is 13.9 Å². The molecule has 0 fully saturated rings. The second-order valence-corrected chi connectivity index (χ2v) is 9.09. The third-order valence-electron chi connectivity index (χ3n) is 1.44. The van der Waals surface area contributed by atoms with Gasteiger partial charge in [-0.3, -0.25) is 4.79 Å². The maximum atomic E-state index is 11.1. The molecule has 0 aromatic rings. The molecule has 70 valence electrons. The Hall–Kier alpha value is -0.413. The zero-order chi connectivity index (χ0) is 9.78. The van der Waals surface area contributed by atoms with Gasteiger partial charge in [-0.2, -0.15) is 0 Å². The first-order chi connectivity index (χ1) is 5.37. The Bertz CT molecular complexity index is 189. The van der Waals surface area contributed by atoms with Gasteiger partial charge in [0.2, 0.25) is 0 Å². The first-order valence-corrected chi connectivity index (χ1v) is 7.78. The van der Waals surface area contributed by atoms with Crippen LogP contribution in [0, 0.1) is 0 Å². The molecule has 0 saturated heterocycles. The molecule has 0 unspecified atom stereocenters. The Kier molecular flexibility index (Phi) is 4.42. The fraction of sp³-hybridized carbons (Fsp3) is 0.667. The second kappa shape index (κ2) is 4.57. The van der Waals surface area contributed by atoms with Crippen molar-refractivity contribution in [3.63, 3.8) is 0 Å². The lowest BCUT2D eigenvalue weighted by atomic mass is 10.1. The summed E-state index contributed by atoms with van der Waals surface area (Å²) in [6.07, 6.45) is 0.500. The van der Waals surface area contributed by atoms with Crippen LogP contribution in [0.25, 0.3) is 0 Å². The van der Waals surface area contributed by atoms with E-state index in [4.69, 9.17) is 5.11 Å². The van der Waals surface area contributed by atoms with Gasteiger partial charge in [0.15, 0.2) is 5.78 Å². The topological polar surface area (TPSA) is 37.3 Å². The van der Waals surface area contributed by atoms with Crippen LogP contribution in [0.1, 0.15) is 13.3 Å². The van der Waals surface area contributed by atoms with Crippen LogP contribution in [0.2, 0.25) is 19.6 Å². The fourth-order valence-electron chi connectivity index (χ4n) is 0.993. The van der Waals surface area contributed by atoms with Crippen molar-refractivity contribution in [3.8, 4) is 0 Å². The van der Waals surface area contributed by atoms with E-state index in [0.29, 0.717) is 6.42 Å². The molecule has 0 amide bonds. The van der Waals surface area contributed by atoms with Crippen molar-refractivity contribution in [3.05, 3.63) is 11.3 Å². The molecule has 0 aliphatic rings. The summed E-state index contributed by atoms with van der Waals surface area (Å²) >= 11 is 0. The molecule has 1 N–H and O–H groups in total. The van der Waals surface area contributed by atoms with Crippen molar-refractivity contribution < 1.29 is 9.90 Å². The number of hydrogen-bond donors (Lipinski definition) is 1. The number of carbonyl (C=O) groups is 1. The molecule has 12 heavy (non-hydrogen) atoms. The average molecular weight is 186 g/mol. The molecule has 0 heterocycles. The van der Waals surface area contributed by atoms with E-state index in [2.05, 4.69) is 25.3 Å². The van der Waals surface area contributed by atoms with Crippen molar-refractivity contribution in [1.29, 1.82) is 0 Å². The van der Waals surface area contributed by atoms with E-state index in [1.165, 1.54) is 0 Å². The molecule has 0 aromatic carbocycles. The number of Topliss-reactive ketones (excluding diaryl/α,β-unsaturated/α-hetero) is 1. The molecule has 0 aromatic heterocycles. The van der Waals surface area contributed by atoms with Crippen LogP contribution in [-0.4, -0.2) is 25.6 Å². The van der Waals surface area contributed by atoms with Gasteiger partial charge in [-0.1, -0.05) is 25.3 Å². The highest BCUT2D eigenvalue weighted by atomic mass is 28.3. The van der Waals surface area contributed by atoms with Crippen molar-refractivity contribution in [2.45, 2.75) is 33.0 Å². The van der Waals surface area contributed by atoms with Gasteiger partial charge >= 0.3 is 0 Å². The monoisotopic (exact) mass is 186 g/mol. The predicted octanol–water partition coefficient (Wildman–Crippen LogP) is 1.76. The number of aliphatic hydroxyl groups is 1. The summed E-state index contributed by atoms with van der Waals surface area (Å²) in [6.45, 7) is 8.14. The summed E-state index contributed by atoms with van der Waals surface area (Å²) in [6, 6.07) is 0. The minimum atomic E-state index is -1.31. The minimum absolute atomic E-state index is 0.0654. The predicted molar refractivity (Wildman–Crippen MR) is 53.8 cm³/mol. The molecule has 0 radical (unpaired) electrons. The zero-order valence-corrected chi connectivity index (χ0v) is 9.35. The van der Waals surface area contributed by atoms with E-state index in [-0.39, 0.29) is 12.4 Å². The summed E-state index contributed by atoms with van der Waals surface area (Å²) in [4.78, 5) is 11.1. The smallest absolute Gasteiger partial charge is 0.155 e.